The quantitative estimate of drug-likeness (QED) is 0.547. The topological polar surface area (TPSA) is 99.0 Å². The van der Waals surface area contributed by atoms with Gasteiger partial charge < -0.3 is 16.8 Å². The van der Waals surface area contributed by atoms with E-state index in [9.17, 15) is 4.79 Å². The van der Waals surface area contributed by atoms with Crippen LogP contribution in [0.5, 0.6) is 0 Å². The van der Waals surface area contributed by atoms with E-state index in [1.54, 1.807) is 0 Å². The van der Waals surface area contributed by atoms with Crippen LogP contribution < -0.4 is 16.8 Å². The number of primary amides is 1. The van der Waals surface area contributed by atoms with Gasteiger partial charge in [-0.1, -0.05) is 0 Å². The minimum atomic E-state index is -0.608. The summed E-state index contributed by atoms with van der Waals surface area (Å²) in [4.78, 5) is 10.7. The van der Waals surface area contributed by atoms with Gasteiger partial charge in [0.2, 0.25) is 5.91 Å². The number of aryl methyl sites for hydroxylation is 3. The molecule has 6 nitrogen and oxygen atoms in total. The highest BCUT2D eigenvalue weighted by atomic mass is 16.1. The second-order valence-corrected chi connectivity index (χ2v) is 4.22. The summed E-state index contributed by atoms with van der Waals surface area (Å²) in [5, 5.41) is 7.46. The molecule has 0 spiro atoms. The van der Waals surface area contributed by atoms with Crippen molar-refractivity contribution in [1.29, 1.82) is 0 Å². The van der Waals surface area contributed by atoms with E-state index in [4.69, 9.17) is 11.5 Å². The number of carbonyl (C=O) groups is 1. The van der Waals surface area contributed by atoms with Crippen LogP contribution in [0.2, 0.25) is 0 Å². The third-order valence-corrected chi connectivity index (χ3v) is 2.56. The molecule has 1 aromatic rings. The highest BCUT2D eigenvalue weighted by molar-refractivity contribution is 5.79. The van der Waals surface area contributed by atoms with Gasteiger partial charge in [0, 0.05) is 18.8 Å². The smallest absolute Gasteiger partial charge is 0.235 e. The molecule has 1 aromatic heterocycles. The Morgan fingerprint density at radius 1 is 1.59 bits per heavy atom. The van der Waals surface area contributed by atoms with E-state index in [0.717, 1.165) is 30.9 Å². The molecule has 1 amide bonds. The Morgan fingerprint density at radius 3 is 2.82 bits per heavy atom. The average Bonchev–Trinajstić information content (AvgIpc) is 2.56. The monoisotopic (exact) mass is 239 g/mol. The van der Waals surface area contributed by atoms with Gasteiger partial charge in [0.15, 0.2) is 0 Å². The third kappa shape index (κ3) is 4.54. The zero-order valence-electron chi connectivity index (χ0n) is 10.4. The molecule has 0 saturated heterocycles. The van der Waals surface area contributed by atoms with E-state index < -0.39 is 11.9 Å². The van der Waals surface area contributed by atoms with Crippen LogP contribution in [0.4, 0.5) is 0 Å². The summed E-state index contributed by atoms with van der Waals surface area (Å²) in [5.41, 5.74) is 12.7. The summed E-state index contributed by atoms with van der Waals surface area (Å²) in [5.74, 6) is -0.476. The van der Waals surface area contributed by atoms with Crippen molar-refractivity contribution < 1.29 is 4.79 Å². The SMILES string of the molecule is Cc1cc(C)n(CCCNCC(N)C(N)=O)n1. The minimum Gasteiger partial charge on any atom is -0.368 e. The Bertz CT molecular complexity index is 374. The standard InChI is InChI=1S/C11H21N5O/c1-8-6-9(2)16(15-8)5-3-4-14-7-10(12)11(13)17/h6,10,14H,3-5,7,12H2,1-2H3,(H2,13,17). The van der Waals surface area contributed by atoms with Crippen LogP contribution in [0, 0.1) is 13.8 Å². The lowest BCUT2D eigenvalue weighted by molar-refractivity contribution is -0.119. The molecule has 1 unspecified atom stereocenters. The fourth-order valence-electron chi connectivity index (χ4n) is 1.61. The van der Waals surface area contributed by atoms with Crippen molar-refractivity contribution in [3.05, 3.63) is 17.5 Å². The Balaban J connectivity index is 2.16. The lowest BCUT2D eigenvalue weighted by Crippen LogP contribution is -2.44. The van der Waals surface area contributed by atoms with E-state index >= 15 is 0 Å². The van der Waals surface area contributed by atoms with Crippen LogP contribution in [0.3, 0.4) is 0 Å². The molecule has 1 atom stereocenters. The van der Waals surface area contributed by atoms with Crippen LogP contribution in [-0.2, 0) is 11.3 Å². The van der Waals surface area contributed by atoms with E-state index in [-0.39, 0.29) is 0 Å². The van der Waals surface area contributed by atoms with Crippen LogP contribution in [0.15, 0.2) is 6.07 Å². The predicted molar refractivity (Wildman–Crippen MR) is 66.4 cm³/mol. The van der Waals surface area contributed by atoms with Crippen molar-refractivity contribution in [3.8, 4) is 0 Å². The molecular formula is C11H21N5O. The molecule has 0 radical (unpaired) electrons. The number of carbonyl (C=O) groups excluding carboxylic acids is 1. The van der Waals surface area contributed by atoms with Gasteiger partial charge in [-0.05, 0) is 32.9 Å². The predicted octanol–water partition coefficient (Wildman–Crippen LogP) is -0.708. The van der Waals surface area contributed by atoms with Crippen molar-refractivity contribution in [2.24, 2.45) is 11.5 Å². The first-order valence-electron chi connectivity index (χ1n) is 5.77. The van der Waals surface area contributed by atoms with E-state index in [2.05, 4.69) is 16.5 Å². The van der Waals surface area contributed by atoms with Crippen LogP contribution in [0.1, 0.15) is 17.8 Å². The highest BCUT2D eigenvalue weighted by Gasteiger charge is 2.07. The Labute approximate surface area is 101 Å². The second kappa shape index (κ2) is 6.36. The lowest BCUT2D eigenvalue weighted by Gasteiger charge is -2.09. The third-order valence-electron chi connectivity index (χ3n) is 2.56. The molecule has 6 heteroatoms. The van der Waals surface area contributed by atoms with Gasteiger partial charge in [0.05, 0.1) is 11.7 Å². The first kappa shape index (κ1) is 13.7. The maximum absolute atomic E-state index is 10.7. The number of hydrogen-bond acceptors (Lipinski definition) is 4. The van der Waals surface area contributed by atoms with Gasteiger partial charge in [-0.3, -0.25) is 9.48 Å². The number of nitrogens with zero attached hydrogens (tertiary/aromatic N) is 2. The number of rotatable bonds is 7. The number of amides is 1. The molecule has 0 aliphatic rings. The van der Waals surface area contributed by atoms with Gasteiger partial charge in [-0.25, -0.2) is 0 Å². The molecule has 1 heterocycles. The highest BCUT2D eigenvalue weighted by Crippen LogP contribution is 2.01. The molecule has 17 heavy (non-hydrogen) atoms. The molecule has 1 rings (SSSR count). The zero-order chi connectivity index (χ0) is 12.8. The van der Waals surface area contributed by atoms with E-state index in [1.807, 2.05) is 18.5 Å². The lowest BCUT2D eigenvalue weighted by atomic mass is 10.3. The van der Waals surface area contributed by atoms with Gasteiger partial charge in [-0.2, -0.15) is 5.10 Å². The van der Waals surface area contributed by atoms with Crippen LogP contribution in [-0.4, -0.2) is 34.8 Å². The summed E-state index contributed by atoms with van der Waals surface area (Å²) in [7, 11) is 0. The maximum Gasteiger partial charge on any atom is 0.235 e. The number of aromatic nitrogens is 2. The molecule has 0 aromatic carbocycles. The number of nitrogens with two attached hydrogens (primary N) is 2. The van der Waals surface area contributed by atoms with Gasteiger partial charge in [0.1, 0.15) is 0 Å². The fourth-order valence-corrected chi connectivity index (χ4v) is 1.61. The minimum absolute atomic E-state index is 0.423. The molecule has 0 aliphatic heterocycles. The van der Waals surface area contributed by atoms with Crippen molar-refractivity contribution in [2.75, 3.05) is 13.1 Å². The van der Waals surface area contributed by atoms with Gasteiger partial charge >= 0.3 is 0 Å². The molecule has 0 bridgehead atoms. The summed E-state index contributed by atoms with van der Waals surface area (Å²) >= 11 is 0. The molecule has 0 saturated carbocycles. The number of nitrogens with one attached hydrogen (secondary N) is 1. The Morgan fingerprint density at radius 2 is 2.29 bits per heavy atom. The normalized spacial score (nSPS) is 12.6. The van der Waals surface area contributed by atoms with E-state index in [1.165, 1.54) is 0 Å². The van der Waals surface area contributed by atoms with Crippen molar-refractivity contribution >= 4 is 5.91 Å². The Kier molecular flexibility index (Phi) is 5.11. The van der Waals surface area contributed by atoms with Gasteiger partial charge in [0.25, 0.3) is 0 Å². The van der Waals surface area contributed by atoms with Gasteiger partial charge in [-0.15, -0.1) is 0 Å². The first-order valence-corrected chi connectivity index (χ1v) is 5.77. The average molecular weight is 239 g/mol. The maximum atomic E-state index is 10.7. The molecule has 96 valence electrons. The van der Waals surface area contributed by atoms with Crippen LogP contribution in [0.25, 0.3) is 0 Å². The summed E-state index contributed by atoms with van der Waals surface area (Å²) in [6.45, 7) is 6.09. The number of hydrogen-bond donors (Lipinski definition) is 3. The Hall–Kier alpha value is -1.40. The largest absolute Gasteiger partial charge is 0.368 e. The van der Waals surface area contributed by atoms with Crippen molar-refractivity contribution in [3.63, 3.8) is 0 Å². The summed E-state index contributed by atoms with van der Waals surface area (Å²) in [6, 6.07) is 1.44. The van der Waals surface area contributed by atoms with Crippen molar-refractivity contribution in [1.82, 2.24) is 15.1 Å². The second-order valence-electron chi connectivity index (χ2n) is 4.22. The van der Waals surface area contributed by atoms with E-state index in [0.29, 0.717) is 6.54 Å². The molecule has 0 aliphatic carbocycles. The fraction of sp³-hybridized carbons (Fsp3) is 0.636. The summed E-state index contributed by atoms with van der Waals surface area (Å²) in [6.07, 6.45) is 0.938. The summed E-state index contributed by atoms with van der Waals surface area (Å²) < 4.78 is 1.98. The first-order chi connectivity index (χ1) is 8.00. The molecule has 0 fully saturated rings. The van der Waals surface area contributed by atoms with Crippen LogP contribution >= 0.6 is 0 Å². The molecular weight excluding hydrogens is 218 g/mol. The molecule has 5 N–H and O–H groups in total. The van der Waals surface area contributed by atoms with Crippen molar-refractivity contribution in [2.45, 2.75) is 32.9 Å². The zero-order valence-corrected chi connectivity index (χ0v) is 10.4.